The molecule has 12 rings (SSSR count). The predicted molar refractivity (Wildman–Crippen MR) is 215 cm³/mol. The van der Waals surface area contributed by atoms with Gasteiger partial charge in [0.1, 0.15) is 11.5 Å². The van der Waals surface area contributed by atoms with Gasteiger partial charge in [-0.15, -0.1) is 0 Å². The average Bonchev–Trinajstić information content (AvgIpc) is 4.09. The molecule has 3 aliphatic carbocycles. The lowest BCUT2D eigenvalue weighted by Crippen LogP contribution is -2.65. The zero-order chi connectivity index (χ0) is 39.9. The maximum Gasteiger partial charge on any atom is 0.481 e. The first-order chi connectivity index (χ1) is 27.9. The van der Waals surface area contributed by atoms with Gasteiger partial charge in [0.15, 0.2) is 0 Å². The van der Waals surface area contributed by atoms with Gasteiger partial charge in [0.05, 0.1) is 73.1 Å². The van der Waals surface area contributed by atoms with Crippen LogP contribution in [0.25, 0.3) is 0 Å². The summed E-state index contributed by atoms with van der Waals surface area (Å²) in [6, 6.07) is 16.0. The molecule has 310 valence electrons. The molecule has 3 saturated carbocycles. The Hall–Kier alpha value is -3.13. The van der Waals surface area contributed by atoms with Crippen molar-refractivity contribution in [2.75, 3.05) is 13.2 Å². The van der Waals surface area contributed by atoms with Gasteiger partial charge in [-0.05, 0) is 101 Å². The molecule has 4 N–H and O–H groups in total. The van der Waals surface area contributed by atoms with E-state index in [9.17, 15) is 19.6 Å². The van der Waals surface area contributed by atoms with Crippen molar-refractivity contribution < 1.29 is 47.9 Å². The molecule has 14 atom stereocenters. The molecule has 8 fully saturated rings. The summed E-state index contributed by atoms with van der Waals surface area (Å²) in [5.41, 5.74) is 2.28. The third-order valence-corrected chi connectivity index (χ3v) is 15.9. The lowest BCUT2D eigenvalue weighted by molar-refractivity contribution is -0.199. The molecule has 14 heteroatoms. The predicted octanol–water partition coefficient (Wildman–Crippen LogP) is 4.49. The van der Waals surface area contributed by atoms with Crippen LogP contribution in [0.5, 0.6) is 11.5 Å². The summed E-state index contributed by atoms with van der Waals surface area (Å²) >= 11 is 0. The van der Waals surface area contributed by atoms with Gasteiger partial charge in [-0.1, -0.05) is 50.2 Å². The van der Waals surface area contributed by atoms with Crippen LogP contribution in [0, 0.1) is 29.1 Å². The number of amides is 2. The normalized spacial score (nSPS) is 38.6. The number of para-hydroxylation sites is 2. The fourth-order valence-corrected chi connectivity index (χ4v) is 12.4. The molecule has 2 amide bonds. The summed E-state index contributed by atoms with van der Waals surface area (Å²) in [7, 11) is -2.03. The monoisotopic (exact) mass is 796 g/mol. The highest BCUT2D eigenvalue weighted by Crippen LogP contribution is 2.66. The SMILES string of the molecule is CC1(C)[C@@H]2C[C@H]3OB([C@H](C[C@@H]4COc5ccccc54)NC(=O)[C@@H]4C[C@H]5CC[C@@H]4O5)O[C@@]3(C)[C@H]1C2.O=C(N[C@@H](C[C@@H]1COc2ccccc21)B(O)O)[C@@H]1C[C@H]2CC[C@@H]1O2. The topological polar surface area (TPSA) is 154 Å². The van der Waals surface area contributed by atoms with Crippen molar-refractivity contribution in [3.05, 3.63) is 59.7 Å². The van der Waals surface area contributed by atoms with Gasteiger partial charge >= 0.3 is 14.2 Å². The Bertz CT molecular complexity index is 1880. The Labute approximate surface area is 342 Å². The van der Waals surface area contributed by atoms with E-state index in [1.165, 1.54) is 12.0 Å². The second kappa shape index (κ2) is 15.1. The van der Waals surface area contributed by atoms with Gasteiger partial charge in [0.2, 0.25) is 11.8 Å². The lowest BCUT2D eigenvalue weighted by atomic mass is 9.43. The third kappa shape index (κ3) is 6.87. The molecule has 10 aliphatic rings. The summed E-state index contributed by atoms with van der Waals surface area (Å²) in [6.45, 7) is 8.14. The van der Waals surface area contributed by atoms with Crippen LogP contribution in [0.1, 0.15) is 108 Å². The first-order valence-corrected chi connectivity index (χ1v) is 22.0. The van der Waals surface area contributed by atoms with Gasteiger partial charge < -0.3 is 48.9 Å². The minimum absolute atomic E-state index is 0.0120. The van der Waals surface area contributed by atoms with E-state index in [1.54, 1.807) is 0 Å². The van der Waals surface area contributed by atoms with Crippen molar-refractivity contribution in [1.29, 1.82) is 0 Å². The minimum Gasteiger partial charge on any atom is -0.493 e. The molecule has 0 aromatic heterocycles. The van der Waals surface area contributed by atoms with E-state index in [1.807, 2.05) is 36.4 Å². The molecular weight excluding hydrogens is 738 g/mol. The van der Waals surface area contributed by atoms with E-state index in [-0.39, 0.29) is 77.5 Å². The molecule has 0 unspecified atom stereocenters. The van der Waals surface area contributed by atoms with Gasteiger partial charge in [-0.3, -0.25) is 9.59 Å². The van der Waals surface area contributed by atoms with Crippen LogP contribution in [0.3, 0.4) is 0 Å². The zero-order valence-electron chi connectivity index (χ0n) is 33.9. The van der Waals surface area contributed by atoms with E-state index in [0.29, 0.717) is 36.9 Å². The van der Waals surface area contributed by atoms with Crippen LogP contribution in [-0.2, 0) is 28.4 Å². The average molecular weight is 797 g/mol. The number of rotatable bonds is 10. The second-order valence-electron chi connectivity index (χ2n) is 19.5. The van der Waals surface area contributed by atoms with Crippen molar-refractivity contribution >= 4 is 26.1 Å². The molecule has 0 spiro atoms. The van der Waals surface area contributed by atoms with Gasteiger partial charge in [0.25, 0.3) is 0 Å². The standard InChI is InChI=1S/C27H36BNO5.C17H22BNO5/c1-26(2)16-11-22(26)27(3)23(12-16)33-28(34-27)24(10-15-14-31-20-7-5-4-6-18(15)20)29-25(30)19-13-17-8-9-21(19)32-17;20-17(13-8-11-5-6-15(13)24-11)19-16(18(21)22)7-10-9-23-14-4-2-1-3-12(10)14/h4-7,15-17,19,21-24H,8-14H2,1-3H3,(H,29,30);1-4,10-11,13,15-16,21-22H,5-9H2,(H,19,20)/t15-,16+,17-,19-,21+,22+,23-,24+,27+;10-,11-,13-,15+,16+/m11/s1. The Balaban J connectivity index is 0.000000150. The number of nitrogens with one attached hydrogen (secondary N) is 2. The van der Waals surface area contributed by atoms with E-state index >= 15 is 0 Å². The highest BCUT2D eigenvalue weighted by atomic mass is 16.7. The van der Waals surface area contributed by atoms with E-state index < -0.39 is 20.2 Å². The van der Waals surface area contributed by atoms with Crippen LogP contribution < -0.4 is 20.1 Å². The third-order valence-electron chi connectivity index (χ3n) is 15.9. The lowest BCUT2D eigenvalue weighted by Gasteiger charge is -2.64. The summed E-state index contributed by atoms with van der Waals surface area (Å²) < 4.78 is 36.8. The van der Waals surface area contributed by atoms with E-state index in [2.05, 4.69) is 43.5 Å². The summed E-state index contributed by atoms with van der Waals surface area (Å²) in [5, 5.41) is 25.6. The van der Waals surface area contributed by atoms with Crippen molar-refractivity contribution in [3.63, 3.8) is 0 Å². The zero-order valence-corrected chi connectivity index (χ0v) is 33.9. The van der Waals surface area contributed by atoms with Crippen LogP contribution in [0.4, 0.5) is 0 Å². The first-order valence-electron chi connectivity index (χ1n) is 22.0. The highest BCUT2D eigenvalue weighted by Gasteiger charge is 2.68. The van der Waals surface area contributed by atoms with E-state index in [4.69, 9.17) is 28.3 Å². The summed E-state index contributed by atoms with van der Waals surface area (Å²) in [6.07, 6.45) is 9.64. The molecule has 7 heterocycles. The number of hydrogen-bond acceptors (Lipinski definition) is 10. The Kier molecular flexibility index (Phi) is 10.2. The van der Waals surface area contributed by atoms with E-state index in [0.717, 1.165) is 68.4 Å². The number of carbonyl (C=O) groups excluding carboxylic acids is 2. The number of hydrogen-bond donors (Lipinski definition) is 4. The largest absolute Gasteiger partial charge is 0.493 e. The smallest absolute Gasteiger partial charge is 0.481 e. The molecular formula is C44H58B2N2O10. The quantitative estimate of drug-likeness (QED) is 0.253. The molecule has 0 radical (unpaired) electrons. The van der Waals surface area contributed by atoms with Crippen LogP contribution in [0.2, 0.25) is 0 Å². The number of carbonyl (C=O) groups is 2. The summed E-state index contributed by atoms with van der Waals surface area (Å²) in [4.78, 5) is 26.0. The second-order valence-corrected chi connectivity index (χ2v) is 19.5. The van der Waals surface area contributed by atoms with Crippen LogP contribution >= 0.6 is 0 Å². The van der Waals surface area contributed by atoms with Crippen molar-refractivity contribution in [3.8, 4) is 11.5 Å². The maximum atomic E-state index is 13.5. The maximum absolute atomic E-state index is 13.5. The Morgan fingerprint density at radius 1 is 0.776 bits per heavy atom. The molecule has 7 aliphatic heterocycles. The van der Waals surface area contributed by atoms with Gasteiger partial charge in [0, 0.05) is 23.0 Å². The van der Waals surface area contributed by atoms with Crippen LogP contribution in [0.15, 0.2) is 48.5 Å². The molecule has 2 aromatic carbocycles. The first kappa shape index (κ1) is 39.0. The molecule has 58 heavy (non-hydrogen) atoms. The number of ether oxygens (including phenoxy) is 4. The summed E-state index contributed by atoms with van der Waals surface area (Å²) in [5.74, 6) is 2.06. The van der Waals surface area contributed by atoms with Gasteiger partial charge in [-0.2, -0.15) is 0 Å². The molecule has 5 saturated heterocycles. The Morgan fingerprint density at radius 3 is 1.88 bits per heavy atom. The fourth-order valence-electron chi connectivity index (χ4n) is 12.4. The molecule has 6 bridgehead atoms. The number of benzene rings is 2. The van der Waals surface area contributed by atoms with Crippen molar-refractivity contribution in [1.82, 2.24) is 10.6 Å². The highest BCUT2D eigenvalue weighted by molar-refractivity contribution is 6.48. The molecule has 2 aromatic rings. The molecule has 12 nitrogen and oxygen atoms in total. The Morgan fingerprint density at radius 2 is 1.34 bits per heavy atom. The van der Waals surface area contributed by atoms with Gasteiger partial charge in [-0.25, -0.2) is 0 Å². The van der Waals surface area contributed by atoms with Crippen molar-refractivity contribution in [2.45, 2.75) is 145 Å². The van der Waals surface area contributed by atoms with Crippen LogP contribution in [-0.4, -0.2) is 97.3 Å². The minimum atomic E-state index is -1.60. The van der Waals surface area contributed by atoms with Crippen molar-refractivity contribution in [2.24, 2.45) is 29.1 Å². The fraction of sp³-hybridized carbons (Fsp3) is 0.682. The number of fused-ring (bicyclic) bond motifs is 6.